The van der Waals surface area contributed by atoms with Crippen molar-refractivity contribution >= 4 is 13.7 Å². The molecule has 0 aliphatic carbocycles. The third kappa shape index (κ3) is 39.2. The van der Waals surface area contributed by atoms with E-state index in [9.17, 15) is 19.4 Å². The normalized spacial score (nSPS) is 14.6. The van der Waals surface area contributed by atoms with Crippen molar-refractivity contribution in [3.63, 3.8) is 0 Å². The molecule has 8 nitrogen and oxygen atoms in total. The number of nitrogens with one attached hydrogen (secondary N) is 1. The van der Waals surface area contributed by atoms with E-state index in [-0.39, 0.29) is 19.1 Å². The second kappa shape index (κ2) is 37.6. The minimum Gasteiger partial charge on any atom is -0.756 e. The maximum absolute atomic E-state index is 12.9. The van der Waals surface area contributed by atoms with Gasteiger partial charge in [-0.05, 0) is 44.9 Å². The van der Waals surface area contributed by atoms with Crippen molar-refractivity contribution in [1.29, 1.82) is 0 Å². The predicted molar refractivity (Wildman–Crippen MR) is 228 cm³/mol. The van der Waals surface area contributed by atoms with Crippen LogP contribution in [-0.2, 0) is 18.4 Å². The number of allylic oxidation sites excluding steroid dienone is 4. The molecule has 2 N–H and O–H groups in total. The van der Waals surface area contributed by atoms with Gasteiger partial charge in [0.15, 0.2) is 0 Å². The highest BCUT2D eigenvalue weighted by atomic mass is 31.2. The fraction of sp³-hybridized carbons (Fsp3) is 0.889. The first kappa shape index (κ1) is 53.0. The number of carbonyl (C=O) groups excluding carboxylic acids is 1. The lowest BCUT2D eigenvalue weighted by Gasteiger charge is -2.30. The van der Waals surface area contributed by atoms with Crippen LogP contribution in [0.4, 0.5) is 0 Å². The van der Waals surface area contributed by atoms with Gasteiger partial charge in [-0.2, -0.15) is 0 Å². The first-order chi connectivity index (χ1) is 26.0. The standard InChI is InChI=1S/C45H89N2O6P/c1-6-8-10-12-14-16-18-20-22-23-25-26-28-30-32-34-36-38-44(48)43(42-53-54(50,51)52-41-40-47(3,4)5)46-45(49)39-37-35-33-31-29-27-24-21-19-17-15-13-11-9-7-2/h15,17,21,24,43-44,48H,6-14,16,18-20,22-23,25-42H2,1-5H3,(H-,46,49,50,51)/b17-15+,24-21+/t43-,44+/m0/s1. The van der Waals surface area contributed by atoms with Crippen LogP contribution in [0.5, 0.6) is 0 Å². The van der Waals surface area contributed by atoms with Gasteiger partial charge in [0.05, 0.1) is 39.9 Å². The largest absolute Gasteiger partial charge is 0.756 e. The number of aliphatic hydroxyl groups excluding tert-OH is 1. The Morgan fingerprint density at radius 3 is 1.57 bits per heavy atom. The van der Waals surface area contributed by atoms with Gasteiger partial charge in [0.1, 0.15) is 13.2 Å². The summed E-state index contributed by atoms with van der Waals surface area (Å²) in [7, 11) is 1.30. The number of quaternary nitrogens is 1. The zero-order chi connectivity index (χ0) is 40.0. The summed E-state index contributed by atoms with van der Waals surface area (Å²) in [5.74, 6) is -0.178. The van der Waals surface area contributed by atoms with E-state index in [2.05, 4.69) is 43.5 Å². The maximum Gasteiger partial charge on any atom is 0.268 e. The van der Waals surface area contributed by atoms with Crippen molar-refractivity contribution in [2.24, 2.45) is 0 Å². The minimum absolute atomic E-state index is 0.00986. The first-order valence-electron chi connectivity index (χ1n) is 22.7. The number of aliphatic hydroxyl groups is 1. The van der Waals surface area contributed by atoms with Crippen LogP contribution < -0.4 is 10.2 Å². The Morgan fingerprint density at radius 2 is 1.07 bits per heavy atom. The van der Waals surface area contributed by atoms with Gasteiger partial charge in [0.2, 0.25) is 5.91 Å². The van der Waals surface area contributed by atoms with Gasteiger partial charge in [0, 0.05) is 6.42 Å². The van der Waals surface area contributed by atoms with Crippen LogP contribution >= 0.6 is 7.82 Å². The molecule has 54 heavy (non-hydrogen) atoms. The minimum atomic E-state index is -4.56. The highest BCUT2D eigenvalue weighted by Gasteiger charge is 2.24. The number of amides is 1. The molecule has 320 valence electrons. The van der Waals surface area contributed by atoms with Gasteiger partial charge in [0.25, 0.3) is 7.82 Å². The smallest absolute Gasteiger partial charge is 0.268 e. The molecule has 0 fully saturated rings. The Morgan fingerprint density at radius 1 is 0.648 bits per heavy atom. The number of likely N-dealkylation sites (N-methyl/N-ethyl adjacent to an activating group) is 1. The fourth-order valence-electron chi connectivity index (χ4n) is 6.54. The Hall–Kier alpha value is -1.02. The van der Waals surface area contributed by atoms with Crippen LogP contribution in [-0.4, -0.2) is 68.5 Å². The monoisotopic (exact) mass is 785 g/mol. The summed E-state index contributed by atoms with van der Waals surface area (Å²) < 4.78 is 23.3. The van der Waals surface area contributed by atoms with Crippen LogP contribution in [0, 0.1) is 0 Å². The summed E-state index contributed by atoms with van der Waals surface area (Å²) in [6, 6.07) is -0.805. The van der Waals surface area contributed by atoms with E-state index >= 15 is 0 Å². The molecular formula is C45H89N2O6P. The molecule has 0 spiro atoms. The molecule has 0 rings (SSSR count). The molecule has 0 aliphatic rings. The summed E-state index contributed by atoms with van der Waals surface area (Å²) in [5.41, 5.74) is 0. The van der Waals surface area contributed by atoms with E-state index in [1.165, 1.54) is 116 Å². The van der Waals surface area contributed by atoms with Gasteiger partial charge < -0.3 is 28.8 Å². The SMILES string of the molecule is CCCCC/C=C/C/C=C/CCCCCCCC(=O)N[C@@H](COP(=O)([O-])OCC[N+](C)(C)C)[C@H](O)CCCCCCCCCCCCCCCCCCC. The summed E-state index contributed by atoms with van der Waals surface area (Å²) in [6.07, 6.45) is 43.2. The van der Waals surface area contributed by atoms with Crippen molar-refractivity contribution in [2.45, 2.75) is 219 Å². The molecule has 0 aromatic rings. The van der Waals surface area contributed by atoms with Crippen LogP contribution in [0.15, 0.2) is 24.3 Å². The van der Waals surface area contributed by atoms with Crippen molar-refractivity contribution in [3.8, 4) is 0 Å². The third-order valence-electron chi connectivity index (χ3n) is 10.2. The van der Waals surface area contributed by atoms with E-state index in [0.29, 0.717) is 23.9 Å². The average molecular weight is 785 g/mol. The molecule has 1 unspecified atom stereocenters. The van der Waals surface area contributed by atoms with Gasteiger partial charge >= 0.3 is 0 Å². The van der Waals surface area contributed by atoms with Gasteiger partial charge in [-0.3, -0.25) is 9.36 Å². The fourth-order valence-corrected chi connectivity index (χ4v) is 7.26. The van der Waals surface area contributed by atoms with Crippen molar-refractivity contribution < 1.29 is 32.9 Å². The molecule has 0 aromatic heterocycles. The number of rotatable bonds is 41. The zero-order valence-electron chi connectivity index (χ0n) is 36.2. The topological polar surface area (TPSA) is 108 Å². The van der Waals surface area contributed by atoms with Gasteiger partial charge in [-0.15, -0.1) is 0 Å². The molecule has 1 amide bonds. The Balaban J connectivity index is 4.37. The van der Waals surface area contributed by atoms with E-state index < -0.39 is 20.0 Å². The molecule has 0 aliphatic heterocycles. The lowest BCUT2D eigenvalue weighted by molar-refractivity contribution is -0.870. The van der Waals surface area contributed by atoms with Gasteiger partial charge in [-0.1, -0.05) is 179 Å². The summed E-state index contributed by atoms with van der Waals surface area (Å²) >= 11 is 0. The average Bonchev–Trinajstić information content (AvgIpc) is 3.12. The van der Waals surface area contributed by atoms with Crippen molar-refractivity contribution in [1.82, 2.24) is 5.32 Å². The molecule has 0 saturated carbocycles. The first-order valence-corrected chi connectivity index (χ1v) is 24.1. The number of phosphoric ester groups is 1. The van der Waals surface area contributed by atoms with E-state index in [1.807, 2.05) is 21.1 Å². The lowest BCUT2D eigenvalue weighted by Crippen LogP contribution is -2.46. The van der Waals surface area contributed by atoms with Crippen LogP contribution in [0.25, 0.3) is 0 Å². The second-order valence-electron chi connectivity index (χ2n) is 16.8. The van der Waals surface area contributed by atoms with Crippen LogP contribution in [0.2, 0.25) is 0 Å². The number of carbonyl (C=O) groups is 1. The third-order valence-corrected chi connectivity index (χ3v) is 11.2. The highest BCUT2D eigenvalue weighted by Crippen LogP contribution is 2.38. The van der Waals surface area contributed by atoms with Gasteiger partial charge in [-0.25, -0.2) is 0 Å². The number of unbranched alkanes of at least 4 members (excludes halogenated alkanes) is 24. The number of hydrogen-bond acceptors (Lipinski definition) is 6. The zero-order valence-corrected chi connectivity index (χ0v) is 37.1. The number of nitrogens with zero attached hydrogens (tertiary/aromatic N) is 1. The van der Waals surface area contributed by atoms with Crippen LogP contribution in [0.1, 0.15) is 206 Å². The molecular weight excluding hydrogens is 695 g/mol. The summed E-state index contributed by atoms with van der Waals surface area (Å²) in [6.45, 7) is 4.69. The van der Waals surface area contributed by atoms with E-state index in [1.54, 1.807) is 0 Å². The molecule has 0 saturated heterocycles. The maximum atomic E-state index is 12.9. The van der Waals surface area contributed by atoms with Crippen molar-refractivity contribution in [3.05, 3.63) is 24.3 Å². The van der Waals surface area contributed by atoms with E-state index in [4.69, 9.17) is 9.05 Å². The Bertz CT molecular complexity index is 938. The Kier molecular flexibility index (Phi) is 36.8. The lowest BCUT2D eigenvalue weighted by atomic mass is 10.0. The quantitative estimate of drug-likeness (QED) is 0.0277. The Labute approximate surface area is 334 Å². The molecule has 9 heteroatoms. The molecule has 0 heterocycles. The molecule has 3 atom stereocenters. The number of phosphoric acid groups is 1. The molecule has 0 bridgehead atoms. The second-order valence-corrected chi connectivity index (χ2v) is 18.2. The van der Waals surface area contributed by atoms with E-state index in [0.717, 1.165) is 64.2 Å². The molecule has 0 radical (unpaired) electrons. The summed E-state index contributed by atoms with van der Waals surface area (Å²) in [5, 5.41) is 13.9. The predicted octanol–water partition coefficient (Wildman–Crippen LogP) is 11.9. The number of hydrogen-bond donors (Lipinski definition) is 2. The highest BCUT2D eigenvalue weighted by molar-refractivity contribution is 7.45. The van der Waals surface area contributed by atoms with Crippen molar-refractivity contribution in [2.75, 3.05) is 40.9 Å². The molecule has 0 aromatic carbocycles. The van der Waals surface area contributed by atoms with Crippen LogP contribution in [0.3, 0.4) is 0 Å². The summed E-state index contributed by atoms with van der Waals surface area (Å²) in [4.78, 5) is 25.3.